The van der Waals surface area contributed by atoms with Crippen molar-refractivity contribution in [3.05, 3.63) is 34.5 Å². The molecule has 5 nitrogen and oxygen atoms in total. The SMILES string of the molecule is CC(C)NCc1cn(Cc2ccc(Br)o2)nn1. The van der Waals surface area contributed by atoms with Crippen LogP contribution in [0.5, 0.6) is 0 Å². The molecule has 0 fully saturated rings. The van der Waals surface area contributed by atoms with E-state index in [1.165, 1.54) is 0 Å². The number of hydrogen-bond donors (Lipinski definition) is 1. The number of nitrogens with zero attached hydrogens (tertiary/aromatic N) is 3. The van der Waals surface area contributed by atoms with Gasteiger partial charge in [-0.15, -0.1) is 5.10 Å². The van der Waals surface area contributed by atoms with Crippen molar-refractivity contribution in [2.24, 2.45) is 0 Å². The lowest BCUT2D eigenvalue weighted by atomic mass is 10.3. The molecule has 0 spiro atoms. The van der Waals surface area contributed by atoms with E-state index in [0.717, 1.165) is 22.7 Å². The zero-order valence-corrected chi connectivity index (χ0v) is 11.4. The quantitative estimate of drug-likeness (QED) is 0.919. The summed E-state index contributed by atoms with van der Waals surface area (Å²) in [6, 6.07) is 4.23. The molecule has 2 aromatic heterocycles. The van der Waals surface area contributed by atoms with Gasteiger partial charge in [-0.05, 0) is 28.1 Å². The lowest BCUT2D eigenvalue weighted by molar-refractivity contribution is 0.459. The largest absolute Gasteiger partial charge is 0.452 e. The molecule has 0 bridgehead atoms. The van der Waals surface area contributed by atoms with Gasteiger partial charge in [0.1, 0.15) is 12.3 Å². The second kappa shape index (κ2) is 5.46. The van der Waals surface area contributed by atoms with Crippen LogP contribution in [0.3, 0.4) is 0 Å². The third kappa shape index (κ3) is 3.67. The molecule has 0 saturated carbocycles. The first kappa shape index (κ1) is 12.3. The topological polar surface area (TPSA) is 55.9 Å². The van der Waals surface area contributed by atoms with E-state index in [9.17, 15) is 0 Å². The fourth-order valence-corrected chi connectivity index (χ4v) is 1.74. The summed E-state index contributed by atoms with van der Waals surface area (Å²) >= 11 is 3.27. The summed E-state index contributed by atoms with van der Waals surface area (Å²) in [7, 11) is 0. The van der Waals surface area contributed by atoms with Crippen molar-refractivity contribution in [2.45, 2.75) is 33.0 Å². The van der Waals surface area contributed by atoms with Crippen molar-refractivity contribution in [1.82, 2.24) is 20.3 Å². The molecular formula is C11H15BrN4O. The summed E-state index contributed by atoms with van der Waals surface area (Å²) in [5, 5.41) is 11.4. The predicted octanol–water partition coefficient (Wildman–Crippen LogP) is 2.18. The van der Waals surface area contributed by atoms with Crippen LogP contribution in [0.25, 0.3) is 0 Å². The third-order valence-electron chi connectivity index (χ3n) is 2.22. The molecule has 0 atom stereocenters. The summed E-state index contributed by atoms with van der Waals surface area (Å²) in [6.07, 6.45) is 1.92. The van der Waals surface area contributed by atoms with Crippen molar-refractivity contribution in [3.63, 3.8) is 0 Å². The Morgan fingerprint density at radius 3 is 2.94 bits per heavy atom. The highest BCUT2D eigenvalue weighted by Crippen LogP contribution is 2.14. The van der Waals surface area contributed by atoms with Crippen LogP contribution in [0, 0.1) is 0 Å². The Hall–Kier alpha value is -1.14. The van der Waals surface area contributed by atoms with Gasteiger partial charge in [-0.1, -0.05) is 19.1 Å². The van der Waals surface area contributed by atoms with Crippen LogP contribution >= 0.6 is 15.9 Å². The van der Waals surface area contributed by atoms with E-state index in [0.29, 0.717) is 12.6 Å². The van der Waals surface area contributed by atoms with Crippen LogP contribution in [0.4, 0.5) is 0 Å². The smallest absolute Gasteiger partial charge is 0.169 e. The summed E-state index contributed by atoms with van der Waals surface area (Å²) in [6.45, 7) is 5.54. The average molecular weight is 299 g/mol. The molecule has 2 rings (SSSR count). The van der Waals surface area contributed by atoms with Gasteiger partial charge in [0.05, 0.1) is 11.9 Å². The maximum atomic E-state index is 5.41. The van der Waals surface area contributed by atoms with Crippen LogP contribution in [0.2, 0.25) is 0 Å². The zero-order chi connectivity index (χ0) is 12.3. The van der Waals surface area contributed by atoms with Crippen LogP contribution < -0.4 is 5.32 Å². The van der Waals surface area contributed by atoms with Crippen molar-refractivity contribution >= 4 is 15.9 Å². The van der Waals surface area contributed by atoms with Gasteiger partial charge in [0.2, 0.25) is 0 Å². The highest BCUT2D eigenvalue weighted by molar-refractivity contribution is 9.10. The van der Waals surface area contributed by atoms with Gasteiger partial charge in [0.25, 0.3) is 0 Å². The number of nitrogens with one attached hydrogen (secondary N) is 1. The molecule has 0 aliphatic carbocycles. The minimum Gasteiger partial charge on any atom is -0.452 e. The van der Waals surface area contributed by atoms with Crippen LogP contribution in [0.1, 0.15) is 25.3 Å². The van der Waals surface area contributed by atoms with Gasteiger partial charge in [-0.25, -0.2) is 4.68 Å². The fraction of sp³-hybridized carbons (Fsp3) is 0.455. The number of halogens is 1. The molecule has 2 heterocycles. The Morgan fingerprint density at radius 2 is 2.29 bits per heavy atom. The van der Waals surface area contributed by atoms with E-state index >= 15 is 0 Å². The molecule has 0 saturated heterocycles. The summed E-state index contributed by atoms with van der Waals surface area (Å²) in [4.78, 5) is 0. The van der Waals surface area contributed by atoms with Gasteiger partial charge in [-0.2, -0.15) is 0 Å². The number of rotatable bonds is 5. The lowest BCUT2D eigenvalue weighted by Gasteiger charge is -2.03. The van der Waals surface area contributed by atoms with E-state index in [2.05, 4.69) is 45.4 Å². The molecule has 0 unspecified atom stereocenters. The fourth-order valence-electron chi connectivity index (χ4n) is 1.40. The maximum Gasteiger partial charge on any atom is 0.169 e. The predicted molar refractivity (Wildman–Crippen MR) is 67.5 cm³/mol. The molecule has 1 N–H and O–H groups in total. The van der Waals surface area contributed by atoms with Crippen LogP contribution in [-0.2, 0) is 13.1 Å². The van der Waals surface area contributed by atoms with Crippen molar-refractivity contribution in [1.29, 1.82) is 0 Å². The Kier molecular flexibility index (Phi) is 3.96. The van der Waals surface area contributed by atoms with Crippen molar-refractivity contribution in [2.75, 3.05) is 0 Å². The zero-order valence-electron chi connectivity index (χ0n) is 9.85. The number of furan rings is 1. The standard InChI is InChI=1S/C11H15BrN4O/c1-8(2)13-5-9-6-16(15-14-9)7-10-3-4-11(12)17-10/h3-4,6,8,13H,5,7H2,1-2H3. The first-order valence-electron chi connectivity index (χ1n) is 5.50. The minimum absolute atomic E-state index is 0.446. The molecule has 0 amide bonds. The van der Waals surface area contributed by atoms with Gasteiger partial charge < -0.3 is 9.73 Å². The van der Waals surface area contributed by atoms with Gasteiger partial charge in [0, 0.05) is 12.6 Å². The maximum absolute atomic E-state index is 5.41. The van der Waals surface area contributed by atoms with Gasteiger partial charge >= 0.3 is 0 Å². The summed E-state index contributed by atoms with van der Waals surface area (Å²) in [5.41, 5.74) is 0.935. The second-order valence-corrected chi connectivity index (χ2v) is 4.93. The lowest BCUT2D eigenvalue weighted by Crippen LogP contribution is -2.21. The Balaban J connectivity index is 1.94. The Labute approximate surface area is 108 Å². The molecule has 92 valence electrons. The summed E-state index contributed by atoms with van der Waals surface area (Å²) in [5.74, 6) is 0.852. The normalized spacial score (nSPS) is 11.3. The molecule has 0 radical (unpaired) electrons. The highest BCUT2D eigenvalue weighted by atomic mass is 79.9. The average Bonchev–Trinajstić information content (AvgIpc) is 2.86. The van der Waals surface area contributed by atoms with Crippen LogP contribution in [-0.4, -0.2) is 21.0 Å². The molecule has 0 aromatic carbocycles. The van der Waals surface area contributed by atoms with E-state index in [4.69, 9.17) is 4.42 Å². The van der Waals surface area contributed by atoms with E-state index < -0.39 is 0 Å². The Morgan fingerprint density at radius 1 is 1.47 bits per heavy atom. The second-order valence-electron chi connectivity index (χ2n) is 4.15. The van der Waals surface area contributed by atoms with Gasteiger partial charge in [-0.3, -0.25) is 0 Å². The van der Waals surface area contributed by atoms with Crippen molar-refractivity contribution < 1.29 is 4.42 Å². The molecular weight excluding hydrogens is 284 g/mol. The third-order valence-corrected chi connectivity index (χ3v) is 2.65. The monoisotopic (exact) mass is 298 g/mol. The number of aromatic nitrogens is 3. The van der Waals surface area contributed by atoms with Crippen LogP contribution in [0.15, 0.2) is 27.4 Å². The Bertz CT molecular complexity index is 477. The molecule has 0 aliphatic heterocycles. The molecule has 17 heavy (non-hydrogen) atoms. The molecule has 6 heteroatoms. The first-order chi connectivity index (χ1) is 8.13. The molecule has 2 aromatic rings. The first-order valence-corrected chi connectivity index (χ1v) is 6.29. The van der Waals surface area contributed by atoms with E-state index in [-0.39, 0.29) is 0 Å². The minimum atomic E-state index is 0.446. The number of hydrogen-bond acceptors (Lipinski definition) is 4. The highest BCUT2D eigenvalue weighted by Gasteiger charge is 2.04. The summed E-state index contributed by atoms with van der Waals surface area (Å²) < 4.78 is 7.90. The van der Waals surface area contributed by atoms with E-state index in [1.807, 2.05) is 18.3 Å². The van der Waals surface area contributed by atoms with E-state index in [1.54, 1.807) is 4.68 Å². The molecule has 0 aliphatic rings. The van der Waals surface area contributed by atoms with Crippen molar-refractivity contribution in [3.8, 4) is 0 Å². The van der Waals surface area contributed by atoms with Gasteiger partial charge in [0.15, 0.2) is 4.67 Å².